The number of nitrogens with one attached hydrogen (secondary N) is 1. The maximum Gasteiger partial charge on any atom is 0.411 e. The summed E-state index contributed by atoms with van der Waals surface area (Å²) in [6.45, 7) is 5.67. The molecule has 2 atom stereocenters. The second kappa shape index (κ2) is 16.6. The molecule has 0 bridgehead atoms. The van der Waals surface area contributed by atoms with Gasteiger partial charge in [-0.1, -0.05) is 72.8 Å². The fraction of sp³-hybridized carbons (Fsp3) is 0.314. The molecule has 4 N–H and O–H groups in total. The van der Waals surface area contributed by atoms with Crippen LogP contribution in [0.1, 0.15) is 34.6 Å². The molecule has 1 amide bonds. The molecule has 5 rings (SSSR count). The summed E-state index contributed by atoms with van der Waals surface area (Å²) in [5, 5.41) is 13.8. The molecule has 0 radical (unpaired) electrons. The molecule has 0 spiro atoms. The number of hydrogen-bond donors (Lipinski definition) is 3. The van der Waals surface area contributed by atoms with Crippen molar-refractivity contribution in [3.63, 3.8) is 0 Å². The van der Waals surface area contributed by atoms with Crippen LogP contribution in [-0.2, 0) is 20.8 Å². The quantitative estimate of drug-likeness (QED) is 0.104. The van der Waals surface area contributed by atoms with Crippen LogP contribution in [0.3, 0.4) is 0 Å². The van der Waals surface area contributed by atoms with E-state index < -0.39 is 18.4 Å². The molecule has 1 aromatic heterocycles. The molecule has 0 saturated carbocycles. The Labute approximate surface area is 264 Å². The normalized spacial score (nSPS) is 14.8. The number of pyridine rings is 1. The Kier molecular flexibility index (Phi) is 11.7. The highest BCUT2D eigenvalue weighted by molar-refractivity contribution is 5.68. The number of nitrogens with zero attached hydrogens (tertiary/aromatic N) is 3. The minimum Gasteiger partial charge on any atom is -0.436 e. The van der Waals surface area contributed by atoms with E-state index in [2.05, 4.69) is 15.2 Å². The minimum atomic E-state index is -0.948. The van der Waals surface area contributed by atoms with Crippen LogP contribution < -0.4 is 11.1 Å². The van der Waals surface area contributed by atoms with E-state index >= 15 is 0 Å². The van der Waals surface area contributed by atoms with Gasteiger partial charge in [-0.15, -0.1) is 0 Å². The summed E-state index contributed by atoms with van der Waals surface area (Å²) in [6, 6.07) is 28.1. The van der Waals surface area contributed by atoms with E-state index in [0.29, 0.717) is 43.2 Å². The van der Waals surface area contributed by atoms with Gasteiger partial charge in [0.2, 0.25) is 0 Å². The van der Waals surface area contributed by atoms with Crippen LogP contribution in [0.5, 0.6) is 0 Å². The molecule has 1 saturated heterocycles. The molecular weight excluding hydrogens is 570 g/mol. The van der Waals surface area contributed by atoms with Gasteiger partial charge in [0.15, 0.2) is 12.3 Å². The lowest BCUT2D eigenvalue weighted by atomic mass is 10.0. The average molecular weight is 612 g/mol. The van der Waals surface area contributed by atoms with E-state index in [9.17, 15) is 9.90 Å². The highest BCUT2D eigenvalue weighted by atomic mass is 16.6. The number of amides is 1. The van der Waals surface area contributed by atoms with Crippen LogP contribution in [0.4, 0.5) is 16.2 Å². The third-order valence-electron chi connectivity index (χ3n) is 7.65. The van der Waals surface area contributed by atoms with E-state index in [-0.39, 0.29) is 0 Å². The Morgan fingerprint density at radius 1 is 0.933 bits per heavy atom. The van der Waals surface area contributed by atoms with Crippen molar-refractivity contribution >= 4 is 17.5 Å². The minimum absolute atomic E-state index is 0.301. The van der Waals surface area contributed by atoms with Crippen molar-refractivity contribution in [1.29, 1.82) is 0 Å². The predicted octanol–water partition coefficient (Wildman–Crippen LogP) is 4.84. The van der Waals surface area contributed by atoms with Crippen molar-refractivity contribution in [2.45, 2.75) is 18.9 Å². The molecule has 10 nitrogen and oxygen atoms in total. The Morgan fingerprint density at radius 2 is 1.67 bits per heavy atom. The molecule has 2 heterocycles. The van der Waals surface area contributed by atoms with Crippen LogP contribution >= 0.6 is 0 Å². The number of benzene rings is 3. The van der Waals surface area contributed by atoms with Crippen molar-refractivity contribution < 1.29 is 24.1 Å². The topological polar surface area (TPSA) is 122 Å². The van der Waals surface area contributed by atoms with Gasteiger partial charge in [0.05, 0.1) is 37.8 Å². The van der Waals surface area contributed by atoms with Crippen molar-refractivity contribution in [3.05, 3.63) is 126 Å². The predicted molar refractivity (Wildman–Crippen MR) is 173 cm³/mol. The number of rotatable bonds is 14. The fourth-order valence-corrected chi connectivity index (χ4v) is 5.08. The Morgan fingerprint density at radius 3 is 2.40 bits per heavy atom. The van der Waals surface area contributed by atoms with Crippen LogP contribution in [0.15, 0.2) is 103 Å². The molecule has 45 heavy (non-hydrogen) atoms. The zero-order chi connectivity index (χ0) is 31.3. The highest BCUT2D eigenvalue weighted by Gasteiger charge is 2.24. The summed E-state index contributed by atoms with van der Waals surface area (Å²) in [6.07, 6.45) is 1.38. The first-order chi connectivity index (χ1) is 22.1. The van der Waals surface area contributed by atoms with Crippen molar-refractivity contribution in [2.24, 2.45) is 0 Å². The van der Waals surface area contributed by atoms with Gasteiger partial charge >= 0.3 is 6.09 Å². The summed E-state index contributed by atoms with van der Waals surface area (Å²) >= 11 is 0. The lowest BCUT2D eigenvalue weighted by molar-refractivity contribution is 0.0159. The Balaban J connectivity index is 1.26. The van der Waals surface area contributed by atoms with Crippen LogP contribution in [0.25, 0.3) is 0 Å². The number of hydrogen-bond acceptors (Lipinski definition) is 9. The number of carbonyl (C=O) groups is 1. The Bertz CT molecular complexity index is 1410. The SMILES string of the molecule is Nc1ccccc1NC(O)c1ccc(CN(CCOCCN2CCOCC2)C(=O)O[C@@H](c2ccccc2)c2cccnc2)cc1. The van der Waals surface area contributed by atoms with Crippen molar-refractivity contribution in [2.75, 3.05) is 63.7 Å². The van der Waals surface area contributed by atoms with E-state index in [1.54, 1.807) is 23.4 Å². The fourth-order valence-electron chi connectivity index (χ4n) is 5.08. The number of aliphatic hydroxyl groups excluding tert-OH is 1. The van der Waals surface area contributed by atoms with Crippen LogP contribution in [0.2, 0.25) is 0 Å². The van der Waals surface area contributed by atoms with Gasteiger partial charge in [0.1, 0.15) is 0 Å². The number of nitrogen functional groups attached to an aromatic ring is 1. The standard InChI is InChI=1S/C35H41N5O5/c36-31-10-4-5-11-32(31)38-34(41)29-14-12-27(13-15-29)26-40(20-24-44-23-19-39-17-21-43-22-18-39)35(42)45-33(28-7-2-1-3-8-28)30-9-6-16-37-25-30/h1-16,25,33-34,38,41H,17-24,26,36H2/t33-,34?/m0/s1. The third kappa shape index (κ3) is 9.50. The lowest BCUT2D eigenvalue weighted by Crippen LogP contribution is -2.39. The lowest BCUT2D eigenvalue weighted by Gasteiger charge is -2.27. The monoisotopic (exact) mass is 611 g/mol. The zero-order valence-electron chi connectivity index (χ0n) is 25.3. The molecule has 1 unspecified atom stereocenters. The van der Waals surface area contributed by atoms with Crippen LogP contribution in [0, 0.1) is 0 Å². The second-order valence-electron chi connectivity index (χ2n) is 10.8. The number of carbonyl (C=O) groups excluding carboxylic acids is 1. The summed E-state index contributed by atoms with van der Waals surface area (Å²) in [5.41, 5.74) is 10.4. The smallest absolute Gasteiger partial charge is 0.411 e. The molecule has 4 aromatic rings. The second-order valence-corrected chi connectivity index (χ2v) is 10.8. The summed E-state index contributed by atoms with van der Waals surface area (Å²) in [5.74, 6) is 0. The van der Waals surface area contributed by atoms with Gasteiger partial charge < -0.3 is 35.3 Å². The average Bonchev–Trinajstić information content (AvgIpc) is 3.09. The summed E-state index contributed by atoms with van der Waals surface area (Å²) in [4.78, 5) is 22.0. The third-order valence-corrected chi connectivity index (χ3v) is 7.65. The molecule has 1 aliphatic rings. The number of ether oxygens (including phenoxy) is 3. The molecule has 3 aromatic carbocycles. The summed E-state index contributed by atoms with van der Waals surface area (Å²) in [7, 11) is 0. The Hall–Kier alpha value is -4.48. The number of aromatic nitrogens is 1. The maximum atomic E-state index is 13.8. The molecule has 10 heteroatoms. The van der Waals surface area contributed by atoms with Gasteiger partial charge in [0, 0.05) is 56.2 Å². The van der Waals surface area contributed by atoms with Gasteiger partial charge in [-0.2, -0.15) is 0 Å². The first kappa shape index (κ1) is 31.9. The number of para-hydroxylation sites is 2. The molecule has 1 fully saturated rings. The van der Waals surface area contributed by atoms with Gasteiger partial charge in [0.25, 0.3) is 0 Å². The number of aliphatic hydroxyl groups is 1. The van der Waals surface area contributed by atoms with Crippen molar-refractivity contribution in [3.8, 4) is 0 Å². The largest absolute Gasteiger partial charge is 0.436 e. The van der Waals surface area contributed by atoms with Gasteiger partial charge in [-0.25, -0.2) is 4.79 Å². The van der Waals surface area contributed by atoms with Crippen LogP contribution in [-0.4, -0.2) is 78.6 Å². The molecule has 0 aliphatic carbocycles. The first-order valence-corrected chi connectivity index (χ1v) is 15.2. The van der Waals surface area contributed by atoms with E-state index in [4.69, 9.17) is 19.9 Å². The van der Waals surface area contributed by atoms with Gasteiger partial charge in [-0.3, -0.25) is 9.88 Å². The maximum absolute atomic E-state index is 13.8. The van der Waals surface area contributed by atoms with E-state index in [0.717, 1.165) is 49.5 Å². The highest BCUT2D eigenvalue weighted by Crippen LogP contribution is 2.27. The number of anilines is 2. The number of morpholine rings is 1. The van der Waals surface area contributed by atoms with E-state index in [1.807, 2.05) is 84.9 Å². The number of nitrogens with two attached hydrogens (primary N) is 1. The summed E-state index contributed by atoms with van der Waals surface area (Å²) < 4.78 is 17.5. The molecule has 236 valence electrons. The van der Waals surface area contributed by atoms with Gasteiger partial charge in [-0.05, 0) is 29.3 Å². The first-order valence-electron chi connectivity index (χ1n) is 15.2. The van der Waals surface area contributed by atoms with E-state index in [1.165, 1.54) is 0 Å². The van der Waals surface area contributed by atoms with Crippen molar-refractivity contribution in [1.82, 2.24) is 14.8 Å². The molecular formula is C35H41N5O5. The zero-order valence-corrected chi connectivity index (χ0v) is 25.3. The molecule has 1 aliphatic heterocycles.